The zero-order chi connectivity index (χ0) is 79.2. The summed E-state index contributed by atoms with van der Waals surface area (Å²) in [5.74, 6) is -22.8. The van der Waals surface area contributed by atoms with Gasteiger partial charge in [0.2, 0.25) is 76.8 Å². The Morgan fingerprint density at radius 3 is 1.75 bits per heavy atom. The molecule has 1 aromatic heterocycles. The Morgan fingerprint density at radius 2 is 1.16 bits per heavy atom. The number of nitrogen functional groups attached to an aromatic ring is 1. The summed E-state index contributed by atoms with van der Waals surface area (Å²) in [6, 6.07) is -8.99. The van der Waals surface area contributed by atoms with Crippen LogP contribution in [0.5, 0.6) is 0 Å². The minimum Gasteiger partial charge on any atom is -0.481 e. The van der Waals surface area contributed by atoms with Gasteiger partial charge in [0.05, 0.1) is 38.6 Å². The van der Waals surface area contributed by atoms with Gasteiger partial charge in [0.25, 0.3) is 0 Å². The largest absolute Gasteiger partial charge is 0.481 e. The number of aromatic amines is 1. The van der Waals surface area contributed by atoms with Gasteiger partial charge in [0.15, 0.2) is 24.7 Å². The number of aromatic nitrogens is 1. The number of Topliss-reactive ketones (excluding diaryl/α,β-unsaturated/α-hetero) is 1. The second-order valence-corrected chi connectivity index (χ2v) is 24.8. The van der Waals surface area contributed by atoms with Gasteiger partial charge in [-0.05, 0) is 83.4 Å². The van der Waals surface area contributed by atoms with Crippen LogP contribution in [-0.2, 0) is 83.1 Å². The highest BCUT2D eigenvalue weighted by Crippen LogP contribution is 2.21. The van der Waals surface area contributed by atoms with Gasteiger partial charge in [-0.2, -0.15) is 0 Å². The number of primary amides is 1. The molecule has 13 unspecified atom stereocenters. The molecule has 1 saturated heterocycles. The number of ketones is 1. The first-order valence-corrected chi connectivity index (χ1v) is 33.2. The highest BCUT2D eigenvalue weighted by atomic mass is 16.5. The molecule has 42 heteroatoms. The molecule has 1 aliphatic rings. The highest BCUT2D eigenvalue weighted by Gasteiger charge is 2.41. The molecule has 4 rings (SSSR count). The molecule has 2 heterocycles. The number of fused-ring (bicyclic) bond motifs is 1. The maximum absolute atomic E-state index is 14.8. The number of benzene rings is 2. The number of carboxylic acid groups (broad SMARTS) is 1. The van der Waals surface area contributed by atoms with Gasteiger partial charge in [-0.1, -0.05) is 37.3 Å². The van der Waals surface area contributed by atoms with E-state index < -0.39 is 250 Å². The third kappa shape index (κ3) is 28.3. The van der Waals surface area contributed by atoms with Gasteiger partial charge in [-0.3, -0.25) is 71.9 Å². The number of aliphatic hydroxyl groups excluding tert-OH is 4. The number of aliphatic carboxylic acids is 1. The molecule has 27 N–H and O–H groups in total. The van der Waals surface area contributed by atoms with Crippen LogP contribution in [-0.4, -0.2) is 272 Å². The highest BCUT2D eigenvalue weighted by molar-refractivity contribution is 6.05. The second-order valence-electron chi connectivity index (χ2n) is 24.8. The van der Waals surface area contributed by atoms with Crippen LogP contribution in [0.3, 0.4) is 0 Å². The first-order valence-electron chi connectivity index (χ1n) is 33.2. The van der Waals surface area contributed by atoms with Gasteiger partial charge < -0.3 is 136 Å². The summed E-state index contributed by atoms with van der Waals surface area (Å²) in [5.41, 5.74) is 12.5. The van der Waals surface area contributed by atoms with Crippen LogP contribution in [0.25, 0.3) is 10.9 Å². The van der Waals surface area contributed by atoms with Gasteiger partial charge in [0, 0.05) is 54.0 Å². The van der Waals surface area contributed by atoms with Crippen LogP contribution in [0.15, 0.2) is 54.7 Å². The number of nitrogens with one attached hydrogen (secondary N) is 15. The van der Waals surface area contributed by atoms with Gasteiger partial charge in [0.1, 0.15) is 66.5 Å². The van der Waals surface area contributed by atoms with E-state index in [9.17, 15) is 118 Å². The zero-order valence-electron chi connectivity index (χ0n) is 58.3. The lowest BCUT2D eigenvalue weighted by Gasteiger charge is -2.30. The zero-order valence-corrected chi connectivity index (χ0v) is 58.3. The fourth-order valence-electron chi connectivity index (χ4n) is 10.7. The molecule has 3 aromatic rings. The molecule has 0 bridgehead atoms. The Labute approximate surface area is 604 Å². The van der Waals surface area contributed by atoms with E-state index in [0.29, 0.717) is 5.56 Å². The summed E-state index contributed by atoms with van der Waals surface area (Å²) in [4.78, 5) is 225. The number of nitrogens with two attached hydrogens (primary N) is 2. The first-order chi connectivity index (χ1) is 50.0. The van der Waals surface area contributed by atoms with Crippen LogP contribution in [0.4, 0.5) is 5.69 Å². The number of amides is 13. The molecule has 13 atom stereocenters. The van der Waals surface area contributed by atoms with Crippen LogP contribution >= 0.6 is 0 Å². The van der Waals surface area contributed by atoms with Crippen molar-refractivity contribution in [3.05, 3.63) is 65.9 Å². The lowest BCUT2D eigenvalue weighted by Crippen LogP contribution is -2.61. The summed E-state index contributed by atoms with van der Waals surface area (Å²) in [7, 11) is 2.94. The summed E-state index contributed by atoms with van der Waals surface area (Å²) in [6.07, 6.45) is -13.7. The van der Waals surface area contributed by atoms with E-state index in [2.05, 4.69) is 79.4 Å². The number of cyclic esters (lactones) is 1. The fourth-order valence-corrected chi connectivity index (χ4v) is 10.7. The number of rotatable bonds is 28. The number of hydrogen-bond donors (Lipinski definition) is 25. The van der Waals surface area contributed by atoms with Crippen molar-refractivity contribution in [3.63, 3.8) is 0 Å². The van der Waals surface area contributed by atoms with Crippen molar-refractivity contribution in [1.29, 1.82) is 0 Å². The average molecular weight is 1500 g/mol. The standard InChI is InChI=1S/C64H93N17O25/c1-28(17-48(87)88)52-63(104)79-42(19-44(83)33-12-6-8-13-34(33)65)64(105)106-30(3)53(81-60(101)41(23-51(93)94)78-59(100)38(20-45(66)84)76-57(98)37(68-5)18-31-24-69-35-14-9-7-11-32(31)35)62(103)71-26-46(85)73-36(15-10-16-67-4)56(97)77-40(22-50(91)92)58(99)72-29(2)54(95)75-39(21-49(89)90)55(96)70-25-47(86)74-43(27-82)61(102)80-52/h6-9,11-14,24,28-30,36-43,48-50,52-53,67-69,82,87-92H,10,15-23,25-27,65H2,1-5H3,(H2,66,84)(H,70,96)(H,71,103)(H,72,99)(H,73,85)(H,74,86)(H,75,95)(H,76,98)(H,77,97)(H,78,100)(H,79,104)(H,80,102)(H,81,101)(H,93,94). The summed E-state index contributed by atoms with van der Waals surface area (Å²) < 4.78 is 5.68. The van der Waals surface area contributed by atoms with Gasteiger partial charge in [-0.25, -0.2) is 4.79 Å². The number of carbonyl (C=O) groups is 16. The van der Waals surface area contributed by atoms with E-state index >= 15 is 0 Å². The van der Waals surface area contributed by atoms with Crippen molar-refractivity contribution in [3.8, 4) is 0 Å². The number of carbonyl (C=O) groups excluding carboxylic acids is 15. The molecule has 42 nitrogen and oxygen atoms in total. The van der Waals surface area contributed by atoms with Crippen LogP contribution in [0, 0.1) is 5.92 Å². The molecule has 2 aromatic carbocycles. The quantitative estimate of drug-likeness (QED) is 0.0106. The molecule has 106 heavy (non-hydrogen) atoms. The Morgan fingerprint density at radius 1 is 0.613 bits per heavy atom. The number of ether oxygens (including phenoxy) is 1. The van der Waals surface area contributed by atoms with E-state index in [-0.39, 0.29) is 37.1 Å². The minimum absolute atomic E-state index is 0.00275. The van der Waals surface area contributed by atoms with Crippen LogP contribution in [0.1, 0.15) is 88.1 Å². The van der Waals surface area contributed by atoms with E-state index in [0.717, 1.165) is 24.8 Å². The smallest absolute Gasteiger partial charge is 0.329 e. The van der Waals surface area contributed by atoms with Gasteiger partial charge in [-0.15, -0.1) is 0 Å². The molecule has 0 aliphatic carbocycles. The number of anilines is 1. The lowest BCUT2D eigenvalue weighted by molar-refractivity contribution is -0.156. The van der Waals surface area contributed by atoms with Crippen molar-refractivity contribution in [2.75, 3.05) is 46.1 Å². The van der Waals surface area contributed by atoms with Crippen LogP contribution in [0.2, 0.25) is 0 Å². The van der Waals surface area contributed by atoms with Crippen molar-refractivity contribution in [1.82, 2.24) is 79.4 Å². The van der Waals surface area contributed by atoms with Crippen molar-refractivity contribution >= 4 is 111 Å². The molecular formula is C64H93N17O25. The lowest BCUT2D eigenvalue weighted by atomic mass is 9.95. The summed E-state index contributed by atoms with van der Waals surface area (Å²) >= 11 is 0. The SMILES string of the molecule is CNCCCC1NC(=O)CNC(=O)C(NC(=O)C(CC(=O)O)NC(=O)C(CC(N)=O)NC(=O)C(Cc2c[nH]c3ccccc23)NC)C(C)OC(=O)C(CC(=O)c2ccccc2N)NC(=O)C(C(C)CC(O)O)NC(=O)C(CO)NC(=O)CNC(=O)C(CC(O)O)NC(=O)C(C)NC(=O)C(CC(O)O)NC1=O. The number of carboxylic acids is 1. The van der Waals surface area contributed by atoms with E-state index in [1.54, 1.807) is 30.5 Å². The van der Waals surface area contributed by atoms with Crippen molar-refractivity contribution in [2.45, 2.75) is 170 Å². The number of likely N-dealkylation sites (N-methyl/N-ethyl adjacent to an activating group) is 1. The predicted octanol–water partition coefficient (Wildman–Crippen LogP) is -10.7. The minimum atomic E-state index is -2.38. The normalized spacial score (nSPS) is 22.3. The van der Waals surface area contributed by atoms with E-state index in [4.69, 9.17) is 16.2 Å². The topological polar surface area (TPSA) is 680 Å². The predicted molar refractivity (Wildman–Crippen MR) is 365 cm³/mol. The second kappa shape index (κ2) is 42.8. The van der Waals surface area contributed by atoms with Crippen molar-refractivity contribution < 1.29 is 122 Å². The Hall–Kier alpha value is -10.9. The number of hydrogen-bond acceptors (Lipinski definition) is 27. The van der Waals surface area contributed by atoms with E-state index in [1.165, 1.54) is 45.3 Å². The van der Waals surface area contributed by atoms with Crippen LogP contribution < -0.4 is 85.9 Å². The number of esters is 1. The average Bonchev–Trinajstić information content (AvgIpc) is 1.56. The fraction of sp³-hybridized carbons (Fsp3) is 0.531. The molecular weight excluding hydrogens is 1410 g/mol. The molecule has 0 spiro atoms. The molecule has 1 fully saturated rings. The van der Waals surface area contributed by atoms with E-state index in [1.807, 2.05) is 0 Å². The molecule has 13 amide bonds. The third-order valence-electron chi connectivity index (χ3n) is 16.3. The molecule has 0 radical (unpaired) electrons. The first kappa shape index (κ1) is 87.5. The number of para-hydroxylation sites is 2. The maximum atomic E-state index is 14.8. The Kier molecular flexibility index (Phi) is 35.3. The Balaban J connectivity index is 1.87. The third-order valence-corrected chi connectivity index (χ3v) is 16.3. The monoisotopic (exact) mass is 1500 g/mol. The maximum Gasteiger partial charge on any atom is 0.329 e. The summed E-state index contributed by atoms with van der Waals surface area (Å²) in [6.45, 7) is -0.252. The number of H-pyrrole nitrogens is 1. The van der Waals surface area contributed by atoms with Gasteiger partial charge >= 0.3 is 11.9 Å². The molecule has 584 valence electrons. The Bertz CT molecular complexity index is 3630. The number of aliphatic hydroxyl groups is 7. The van der Waals surface area contributed by atoms with Crippen molar-refractivity contribution in [2.24, 2.45) is 11.7 Å². The molecule has 1 aliphatic heterocycles. The molecule has 0 saturated carbocycles. The summed E-state index contributed by atoms with van der Waals surface area (Å²) in [5, 5.41) is 113.